The van der Waals surface area contributed by atoms with Gasteiger partial charge in [-0.2, -0.15) is 0 Å². The van der Waals surface area contributed by atoms with Gasteiger partial charge in [-0.05, 0) is 5.56 Å². The van der Waals surface area contributed by atoms with Gasteiger partial charge in [0.15, 0.2) is 0 Å². The van der Waals surface area contributed by atoms with Crippen molar-refractivity contribution in [2.45, 2.75) is 13.0 Å². The number of hydrogen-bond donors (Lipinski definition) is 0. The number of likely N-dealkylation sites (tertiary alicyclic amines) is 1. The predicted octanol–water partition coefficient (Wildman–Crippen LogP) is 0.809. The van der Waals surface area contributed by atoms with Crippen LogP contribution in [0.25, 0.3) is 0 Å². The third kappa shape index (κ3) is 3.30. The molecule has 1 aromatic carbocycles. The molecule has 0 spiro atoms. The zero-order valence-corrected chi connectivity index (χ0v) is 13.1. The van der Waals surface area contributed by atoms with E-state index in [-0.39, 0.29) is 17.7 Å². The van der Waals surface area contributed by atoms with E-state index in [4.69, 9.17) is 0 Å². The number of piperazine rings is 1. The van der Waals surface area contributed by atoms with E-state index >= 15 is 0 Å². The van der Waals surface area contributed by atoms with Crippen molar-refractivity contribution in [3.05, 3.63) is 35.9 Å². The van der Waals surface area contributed by atoms with E-state index < -0.39 is 0 Å². The highest BCUT2D eigenvalue weighted by Crippen LogP contribution is 2.19. The van der Waals surface area contributed by atoms with Gasteiger partial charge in [0.1, 0.15) is 0 Å². The Hall–Kier alpha value is -1.88. The Bertz CT molecular complexity index is 538. The molecule has 2 aliphatic heterocycles. The van der Waals surface area contributed by atoms with E-state index in [1.165, 1.54) is 5.56 Å². The van der Waals surface area contributed by atoms with Crippen molar-refractivity contribution in [1.29, 1.82) is 0 Å². The van der Waals surface area contributed by atoms with Crippen LogP contribution in [-0.4, -0.2) is 66.3 Å². The van der Waals surface area contributed by atoms with E-state index in [2.05, 4.69) is 29.2 Å². The molecule has 0 bridgehead atoms. The molecule has 0 saturated carbocycles. The molecule has 1 unspecified atom stereocenters. The number of rotatable bonds is 3. The van der Waals surface area contributed by atoms with Crippen LogP contribution in [0.1, 0.15) is 12.0 Å². The van der Waals surface area contributed by atoms with Gasteiger partial charge in [0.25, 0.3) is 0 Å². The lowest BCUT2D eigenvalue weighted by molar-refractivity contribution is -0.137. The summed E-state index contributed by atoms with van der Waals surface area (Å²) in [4.78, 5) is 30.0. The number of benzene rings is 1. The molecule has 0 N–H and O–H groups in total. The minimum Gasteiger partial charge on any atom is -0.345 e. The molecule has 5 nitrogen and oxygen atoms in total. The van der Waals surface area contributed by atoms with Crippen molar-refractivity contribution in [2.24, 2.45) is 5.92 Å². The first-order chi connectivity index (χ1) is 10.6. The molecule has 2 aliphatic rings. The smallest absolute Gasteiger partial charge is 0.228 e. The van der Waals surface area contributed by atoms with Crippen molar-refractivity contribution in [1.82, 2.24) is 14.7 Å². The average Bonchev–Trinajstić information content (AvgIpc) is 2.88. The van der Waals surface area contributed by atoms with Crippen molar-refractivity contribution in [2.75, 3.05) is 39.8 Å². The quantitative estimate of drug-likeness (QED) is 0.830. The molecule has 0 aromatic heterocycles. The van der Waals surface area contributed by atoms with Gasteiger partial charge < -0.3 is 9.80 Å². The summed E-state index contributed by atoms with van der Waals surface area (Å²) >= 11 is 0. The lowest BCUT2D eigenvalue weighted by Crippen LogP contribution is -2.50. The summed E-state index contributed by atoms with van der Waals surface area (Å²) < 4.78 is 0. The average molecular weight is 301 g/mol. The van der Waals surface area contributed by atoms with E-state index in [0.29, 0.717) is 13.0 Å². The van der Waals surface area contributed by atoms with Crippen molar-refractivity contribution < 1.29 is 9.59 Å². The van der Waals surface area contributed by atoms with Crippen LogP contribution in [0.2, 0.25) is 0 Å². The largest absolute Gasteiger partial charge is 0.345 e. The molecule has 2 saturated heterocycles. The van der Waals surface area contributed by atoms with Crippen LogP contribution >= 0.6 is 0 Å². The van der Waals surface area contributed by atoms with Crippen molar-refractivity contribution >= 4 is 11.8 Å². The van der Waals surface area contributed by atoms with Crippen molar-refractivity contribution in [3.8, 4) is 0 Å². The van der Waals surface area contributed by atoms with Gasteiger partial charge in [-0.1, -0.05) is 30.3 Å². The van der Waals surface area contributed by atoms with Gasteiger partial charge in [-0.25, -0.2) is 0 Å². The van der Waals surface area contributed by atoms with Crippen LogP contribution in [-0.2, 0) is 16.1 Å². The molecule has 5 heteroatoms. The second kappa shape index (κ2) is 6.48. The normalized spacial score (nSPS) is 23.1. The number of hydrogen-bond acceptors (Lipinski definition) is 3. The molecule has 1 atom stereocenters. The molecule has 0 aliphatic carbocycles. The fourth-order valence-corrected chi connectivity index (χ4v) is 3.26. The van der Waals surface area contributed by atoms with E-state index in [9.17, 15) is 9.59 Å². The fourth-order valence-electron chi connectivity index (χ4n) is 3.26. The Kier molecular flexibility index (Phi) is 4.43. The molecular weight excluding hydrogens is 278 g/mol. The SMILES string of the molecule is CN1CC(C(=O)N2CCN(Cc3ccccc3)CC2)CC1=O. The Morgan fingerprint density at radius 2 is 1.82 bits per heavy atom. The van der Waals surface area contributed by atoms with Crippen LogP contribution in [0.4, 0.5) is 0 Å². The Morgan fingerprint density at radius 3 is 2.41 bits per heavy atom. The summed E-state index contributed by atoms with van der Waals surface area (Å²) in [6.07, 6.45) is 0.375. The minimum absolute atomic E-state index is 0.0843. The Morgan fingerprint density at radius 1 is 1.14 bits per heavy atom. The maximum absolute atomic E-state index is 12.5. The summed E-state index contributed by atoms with van der Waals surface area (Å²) in [5.74, 6) is 0.0938. The molecule has 1 aromatic rings. The standard InChI is InChI=1S/C17H23N3O2/c1-18-13-15(11-16(18)21)17(22)20-9-7-19(8-10-20)12-14-5-3-2-4-6-14/h2-6,15H,7-13H2,1H3. The van der Waals surface area contributed by atoms with Crippen LogP contribution in [0.5, 0.6) is 0 Å². The summed E-state index contributed by atoms with van der Waals surface area (Å²) in [5.41, 5.74) is 1.31. The maximum Gasteiger partial charge on any atom is 0.228 e. The van der Waals surface area contributed by atoms with Gasteiger partial charge in [-0.15, -0.1) is 0 Å². The first-order valence-electron chi connectivity index (χ1n) is 7.92. The highest BCUT2D eigenvalue weighted by atomic mass is 16.2. The summed E-state index contributed by atoms with van der Waals surface area (Å²) in [6, 6.07) is 10.4. The predicted molar refractivity (Wildman–Crippen MR) is 84.0 cm³/mol. The second-order valence-electron chi connectivity index (χ2n) is 6.26. The Labute approximate surface area is 131 Å². The lowest BCUT2D eigenvalue weighted by Gasteiger charge is -2.35. The molecule has 0 radical (unpaired) electrons. The maximum atomic E-state index is 12.5. The highest BCUT2D eigenvalue weighted by molar-refractivity contribution is 5.89. The van der Waals surface area contributed by atoms with Gasteiger partial charge >= 0.3 is 0 Å². The number of carbonyl (C=O) groups is 2. The summed E-state index contributed by atoms with van der Waals surface area (Å²) in [5, 5.41) is 0. The zero-order valence-electron chi connectivity index (χ0n) is 13.1. The van der Waals surface area contributed by atoms with Crippen LogP contribution in [0.15, 0.2) is 30.3 Å². The Balaban J connectivity index is 1.49. The van der Waals surface area contributed by atoms with Gasteiger partial charge in [0.05, 0.1) is 5.92 Å². The zero-order chi connectivity index (χ0) is 15.5. The van der Waals surface area contributed by atoms with E-state index in [1.807, 2.05) is 11.0 Å². The van der Waals surface area contributed by atoms with Gasteiger partial charge in [0, 0.05) is 52.7 Å². The molecule has 3 rings (SSSR count). The lowest BCUT2D eigenvalue weighted by atomic mass is 10.1. The highest BCUT2D eigenvalue weighted by Gasteiger charge is 2.35. The summed E-state index contributed by atoms with van der Waals surface area (Å²) in [7, 11) is 1.77. The minimum atomic E-state index is -0.141. The molecule has 2 heterocycles. The topological polar surface area (TPSA) is 43.9 Å². The third-order valence-electron chi connectivity index (χ3n) is 4.62. The number of nitrogens with zero attached hydrogens (tertiary/aromatic N) is 3. The van der Waals surface area contributed by atoms with Gasteiger partial charge in [-0.3, -0.25) is 14.5 Å². The number of carbonyl (C=O) groups excluding carboxylic acids is 2. The molecule has 2 fully saturated rings. The summed E-state index contributed by atoms with van der Waals surface area (Å²) in [6.45, 7) is 4.84. The van der Waals surface area contributed by atoms with Crippen molar-refractivity contribution in [3.63, 3.8) is 0 Å². The monoisotopic (exact) mass is 301 g/mol. The van der Waals surface area contributed by atoms with E-state index in [1.54, 1.807) is 11.9 Å². The van der Waals surface area contributed by atoms with E-state index in [0.717, 1.165) is 32.7 Å². The van der Waals surface area contributed by atoms with Crippen LogP contribution in [0.3, 0.4) is 0 Å². The molecule has 22 heavy (non-hydrogen) atoms. The number of amides is 2. The first-order valence-corrected chi connectivity index (χ1v) is 7.92. The van der Waals surface area contributed by atoms with Crippen LogP contribution < -0.4 is 0 Å². The molecular formula is C17H23N3O2. The van der Waals surface area contributed by atoms with Crippen LogP contribution in [0, 0.1) is 5.92 Å². The fraction of sp³-hybridized carbons (Fsp3) is 0.529. The second-order valence-corrected chi connectivity index (χ2v) is 6.26. The molecule has 118 valence electrons. The molecule has 2 amide bonds. The van der Waals surface area contributed by atoms with Gasteiger partial charge in [0.2, 0.25) is 11.8 Å². The first kappa shape index (κ1) is 15.0. The third-order valence-corrected chi connectivity index (χ3v) is 4.62.